The summed E-state index contributed by atoms with van der Waals surface area (Å²) in [4.78, 5) is -0.126. The van der Waals surface area contributed by atoms with Crippen molar-refractivity contribution >= 4 is 15.7 Å². The molecule has 0 fully saturated rings. The molecule has 0 radical (unpaired) electrons. The van der Waals surface area contributed by atoms with Gasteiger partial charge in [0.25, 0.3) is 0 Å². The summed E-state index contributed by atoms with van der Waals surface area (Å²) in [6.45, 7) is 2.22. The molecule has 0 saturated carbocycles. The van der Waals surface area contributed by atoms with E-state index in [4.69, 9.17) is 5.73 Å². The van der Waals surface area contributed by atoms with Gasteiger partial charge in [-0.15, -0.1) is 0 Å². The molecule has 0 aliphatic heterocycles. The lowest BCUT2D eigenvalue weighted by Crippen LogP contribution is -2.26. The molecule has 0 saturated heterocycles. The van der Waals surface area contributed by atoms with Crippen molar-refractivity contribution in [2.75, 3.05) is 12.3 Å². The standard InChI is InChI=1S/C15H17FN2O2S/c1-11-3-2-4-12(9-11)7-8-18-21(19,20)13-5-6-15(17)14(16)10-13/h2-6,9-10,18H,7-8,17H2,1H3. The van der Waals surface area contributed by atoms with Crippen molar-refractivity contribution in [3.8, 4) is 0 Å². The van der Waals surface area contributed by atoms with Crippen LogP contribution in [-0.2, 0) is 16.4 Å². The summed E-state index contributed by atoms with van der Waals surface area (Å²) in [6.07, 6.45) is 0.568. The maximum atomic E-state index is 13.3. The highest BCUT2D eigenvalue weighted by atomic mass is 32.2. The summed E-state index contributed by atoms with van der Waals surface area (Å²) in [6, 6.07) is 11.3. The number of hydrogen-bond acceptors (Lipinski definition) is 3. The lowest BCUT2D eigenvalue weighted by molar-refractivity contribution is 0.578. The zero-order chi connectivity index (χ0) is 15.5. The van der Waals surface area contributed by atoms with Crippen LogP contribution in [-0.4, -0.2) is 15.0 Å². The highest BCUT2D eigenvalue weighted by molar-refractivity contribution is 7.89. The zero-order valence-corrected chi connectivity index (χ0v) is 12.5. The monoisotopic (exact) mass is 308 g/mol. The first kappa shape index (κ1) is 15.5. The van der Waals surface area contributed by atoms with Crippen LogP contribution < -0.4 is 10.5 Å². The number of nitrogens with one attached hydrogen (secondary N) is 1. The smallest absolute Gasteiger partial charge is 0.240 e. The van der Waals surface area contributed by atoms with Gasteiger partial charge in [-0.05, 0) is 37.1 Å². The zero-order valence-electron chi connectivity index (χ0n) is 11.6. The van der Waals surface area contributed by atoms with Crippen molar-refractivity contribution in [2.45, 2.75) is 18.2 Å². The van der Waals surface area contributed by atoms with Crippen LogP contribution in [0.15, 0.2) is 47.4 Å². The summed E-state index contributed by atoms with van der Waals surface area (Å²) in [5.41, 5.74) is 7.42. The van der Waals surface area contributed by atoms with Crippen molar-refractivity contribution in [3.63, 3.8) is 0 Å². The number of hydrogen-bond donors (Lipinski definition) is 2. The Balaban J connectivity index is 2.03. The second-order valence-electron chi connectivity index (χ2n) is 4.82. The normalized spacial score (nSPS) is 11.5. The molecule has 0 heterocycles. The summed E-state index contributed by atoms with van der Waals surface area (Å²) < 4.78 is 39.8. The molecule has 0 aliphatic carbocycles. The first-order chi connectivity index (χ1) is 9.88. The third-order valence-corrected chi connectivity index (χ3v) is 4.53. The van der Waals surface area contributed by atoms with E-state index in [1.807, 2.05) is 31.2 Å². The van der Waals surface area contributed by atoms with E-state index in [0.29, 0.717) is 6.42 Å². The molecular formula is C15H17FN2O2S. The fourth-order valence-electron chi connectivity index (χ4n) is 1.96. The third kappa shape index (κ3) is 4.03. The second-order valence-corrected chi connectivity index (χ2v) is 6.59. The molecule has 3 N–H and O–H groups in total. The molecule has 0 unspecified atom stereocenters. The van der Waals surface area contributed by atoms with E-state index < -0.39 is 15.8 Å². The van der Waals surface area contributed by atoms with E-state index in [1.54, 1.807) is 0 Å². The predicted octanol–water partition coefficient (Wildman–Crippen LogP) is 2.24. The van der Waals surface area contributed by atoms with Crippen LogP contribution >= 0.6 is 0 Å². The van der Waals surface area contributed by atoms with Crippen LogP contribution in [0.4, 0.5) is 10.1 Å². The number of benzene rings is 2. The molecule has 0 bridgehead atoms. The lowest BCUT2D eigenvalue weighted by atomic mass is 10.1. The third-order valence-electron chi connectivity index (χ3n) is 3.07. The number of sulfonamides is 1. The van der Waals surface area contributed by atoms with Crippen molar-refractivity contribution in [3.05, 3.63) is 59.4 Å². The van der Waals surface area contributed by atoms with E-state index in [1.165, 1.54) is 12.1 Å². The molecule has 21 heavy (non-hydrogen) atoms. The molecule has 112 valence electrons. The van der Waals surface area contributed by atoms with Gasteiger partial charge in [-0.25, -0.2) is 17.5 Å². The average Bonchev–Trinajstić information content (AvgIpc) is 2.41. The van der Waals surface area contributed by atoms with Gasteiger partial charge >= 0.3 is 0 Å². The van der Waals surface area contributed by atoms with Gasteiger partial charge in [-0.1, -0.05) is 29.8 Å². The molecule has 2 rings (SSSR count). The minimum Gasteiger partial charge on any atom is -0.396 e. The van der Waals surface area contributed by atoms with Gasteiger partial charge in [0.15, 0.2) is 0 Å². The quantitative estimate of drug-likeness (QED) is 0.832. The Bertz CT molecular complexity index is 745. The Kier molecular flexibility index (Phi) is 4.59. The molecule has 0 amide bonds. The average molecular weight is 308 g/mol. The van der Waals surface area contributed by atoms with Gasteiger partial charge in [-0.2, -0.15) is 0 Å². The van der Waals surface area contributed by atoms with Gasteiger partial charge < -0.3 is 5.73 Å². The van der Waals surface area contributed by atoms with Crippen LogP contribution in [0, 0.1) is 12.7 Å². The van der Waals surface area contributed by atoms with Gasteiger partial charge in [0, 0.05) is 6.54 Å². The summed E-state index contributed by atoms with van der Waals surface area (Å²) in [5.74, 6) is -0.739. The van der Waals surface area contributed by atoms with Crippen LogP contribution in [0.3, 0.4) is 0 Å². The Morgan fingerprint density at radius 1 is 1.19 bits per heavy atom. The minimum atomic E-state index is -3.73. The Hall–Kier alpha value is -1.92. The summed E-state index contributed by atoms with van der Waals surface area (Å²) >= 11 is 0. The fraction of sp³-hybridized carbons (Fsp3) is 0.200. The fourth-order valence-corrected chi connectivity index (χ4v) is 3.00. The lowest BCUT2D eigenvalue weighted by Gasteiger charge is -2.08. The van der Waals surface area contributed by atoms with E-state index in [2.05, 4.69) is 4.72 Å². The Morgan fingerprint density at radius 3 is 2.62 bits per heavy atom. The topological polar surface area (TPSA) is 72.2 Å². The molecule has 0 atom stereocenters. The second kappa shape index (κ2) is 6.24. The summed E-state index contributed by atoms with van der Waals surface area (Å²) in [7, 11) is -3.73. The Labute approximate surface area is 123 Å². The van der Waals surface area contributed by atoms with Crippen molar-refractivity contribution in [2.24, 2.45) is 0 Å². The predicted molar refractivity (Wildman–Crippen MR) is 80.9 cm³/mol. The van der Waals surface area contributed by atoms with Crippen molar-refractivity contribution < 1.29 is 12.8 Å². The van der Waals surface area contributed by atoms with Crippen LogP contribution in [0.25, 0.3) is 0 Å². The van der Waals surface area contributed by atoms with Gasteiger partial charge in [0.05, 0.1) is 10.6 Å². The molecule has 4 nitrogen and oxygen atoms in total. The highest BCUT2D eigenvalue weighted by Gasteiger charge is 2.15. The molecule has 0 aromatic heterocycles. The van der Waals surface area contributed by atoms with Crippen molar-refractivity contribution in [1.82, 2.24) is 4.72 Å². The molecule has 2 aromatic rings. The molecular weight excluding hydrogens is 291 g/mol. The van der Waals surface area contributed by atoms with Crippen molar-refractivity contribution in [1.29, 1.82) is 0 Å². The number of aryl methyl sites for hydroxylation is 1. The van der Waals surface area contributed by atoms with Crippen LogP contribution in [0.1, 0.15) is 11.1 Å². The minimum absolute atomic E-state index is 0.0753. The number of rotatable bonds is 5. The molecule has 2 aromatic carbocycles. The van der Waals surface area contributed by atoms with Gasteiger partial charge in [-0.3, -0.25) is 0 Å². The first-order valence-corrected chi connectivity index (χ1v) is 7.97. The SMILES string of the molecule is Cc1cccc(CCNS(=O)(=O)c2ccc(N)c(F)c2)c1. The largest absolute Gasteiger partial charge is 0.396 e. The molecule has 0 spiro atoms. The summed E-state index contributed by atoms with van der Waals surface area (Å²) in [5, 5.41) is 0. The number of halogens is 1. The van der Waals surface area contributed by atoms with E-state index in [0.717, 1.165) is 17.2 Å². The first-order valence-electron chi connectivity index (χ1n) is 6.49. The Morgan fingerprint density at radius 2 is 1.95 bits per heavy atom. The van der Waals surface area contributed by atoms with Gasteiger partial charge in [0.2, 0.25) is 10.0 Å². The maximum Gasteiger partial charge on any atom is 0.240 e. The number of nitrogens with two attached hydrogens (primary N) is 1. The van der Waals surface area contributed by atoms with Gasteiger partial charge in [0.1, 0.15) is 5.82 Å². The van der Waals surface area contributed by atoms with Crippen LogP contribution in [0.2, 0.25) is 0 Å². The number of anilines is 1. The van der Waals surface area contributed by atoms with E-state index in [9.17, 15) is 12.8 Å². The van der Waals surface area contributed by atoms with E-state index in [-0.39, 0.29) is 17.1 Å². The highest BCUT2D eigenvalue weighted by Crippen LogP contribution is 2.16. The van der Waals surface area contributed by atoms with Crippen LogP contribution in [0.5, 0.6) is 0 Å². The molecule has 6 heteroatoms. The molecule has 0 aliphatic rings. The van der Waals surface area contributed by atoms with E-state index >= 15 is 0 Å². The number of nitrogen functional groups attached to an aromatic ring is 1. The maximum absolute atomic E-state index is 13.3.